The number of amides is 1. The Labute approximate surface area is 81.2 Å². The predicted molar refractivity (Wildman–Crippen MR) is 51.9 cm³/mol. The van der Waals surface area contributed by atoms with Gasteiger partial charge in [-0.15, -0.1) is 0 Å². The largest absolute Gasteiger partial charge is 0.369 e. The summed E-state index contributed by atoms with van der Waals surface area (Å²) in [7, 11) is 0. The normalized spacial score (nSPS) is 13.6. The molecule has 2 nitrogen and oxygen atoms in total. The van der Waals surface area contributed by atoms with Crippen LogP contribution < -0.4 is 5.73 Å². The van der Waals surface area contributed by atoms with Crippen molar-refractivity contribution in [2.24, 2.45) is 5.73 Å². The molecule has 0 aromatic heterocycles. The molecule has 0 saturated carbocycles. The molecule has 0 aliphatic heterocycles. The number of rotatable bonds is 2. The lowest BCUT2D eigenvalue weighted by atomic mass is 10.0. The minimum absolute atomic E-state index is 0.235. The van der Waals surface area contributed by atoms with Crippen molar-refractivity contribution in [3.63, 3.8) is 0 Å². The number of primary amides is 1. The summed E-state index contributed by atoms with van der Waals surface area (Å²) in [6.45, 7) is 0. The average Bonchev–Trinajstić information content (AvgIpc) is 2.47. The summed E-state index contributed by atoms with van der Waals surface area (Å²) < 4.78 is 12.8. The van der Waals surface area contributed by atoms with E-state index in [1.54, 1.807) is 6.07 Å². The number of nitrogens with two attached hydrogens (primary N) is 1. The van der Waals surface area contributed by atoms with Crippen molar-refractivity contribution >= 4 is 11.5 Å². The first-order chi connectivity index (χ1) is 6.66. The third-order valence-corrected chi connectivity index (χ3v) is 2.35. The Bertz CT molecular complexity index is 423. The molecule has 1 aromatic rings. The highest BCUT2D eigenvalue weighted by atomic mass is 19.1. The zero-order valence-corrected chi connectivity index (χ0v) is 7.59. The van der Waals surface area contributed by atoms with Gasteiger partial charge in [-0.25, -0.2) is 4.39 Å². The summed E-state index contributed by atoms with van der Waals surface area (Å²) in [5.74, 6) is -0.592. The van der Waals surface area contributed by atoms with Crippen LogP contribution in [0.15, 0.2) is 24.3 Å². The van der Waals surface area contributed by atoms with E-state index in [1.807, 2.05) is 6.08 Å². The summed E-state index contributed by atoms with van der Waals surface area (Å²) in [6.07, 6.45) is 2.85. The molecule has 1 aliphatic carbocycles. The fraction of sp³-hybridized carbons (Fsp3) is 0.182. The van der Waals surface area contributed by atoms with E-state index in [1.165, 1.54) is 12.1 Å². The Hall–Kier alpha value is -1.64. The number of allylic oxidation sites excluding steroid dienone is 1. The molecule has 0 spiro atoms. The summed E-state index contributed by atoms with van der Waals surface area (Å²) in [5, 5.41) is 0. The monoisotopic (exact) mass is 191 g/mol. The number of carbonyl (C=O) groups is 1. The highest BCUT2D eigenvalue weighted by Crippen LogP contribution is 2.29. The first-order valence-corrected chi connectivity index (χ1v) is 4.43. The topological polar surface area (TPSA) is 43.1 Å². The minimum atomic E-state index is -0.353. The van der Waals surface area contributed by atoms with E-state index < -0.39 is 0 Å². The van der Waals surface area contributed by atoms with E-state index in [0.717, 1.165) is 16.7 Å². The molecule has 14 heavy (non-hydrogen) atoms. The van der Waals surface area contributed by atoms with Crippen LogP contribution in [-0.4, -0.2) is 5.91 Å². The van der Waals surface area contributed by atoms with Gasteiger partial charge in [-0.05, 0) is 35.3 Å². The van der Waals surface area contributed by atoms with Crippen molar-refractivity contribution in [2.45, 2.75) is 12.8 Å². The van der Waals surface area contributed by atoms with Crippen molar-refractivity contribution in [3.05, 3.63) is 41.2 Å². The lowest BCUT2D eigenvalue weighted by Gasteiger charge is -2.03. The summed E-state index contributed by atoms with van der Waals surface area (Å²) in [6, 6.07) is 4.60. The predicted octanol–water partition coefficient (Wildman–Crippen LogP) is 1.64. The van der Waals surface area contributed by atoms with Gasteiger partial charge < -0.3 is 5.73 Å². The standard InChI is InChI=1S/C11H10FNO/c12-9-3-4-10-7(5-9)1-2-8(10)6-11(13)14/h2-5H,1,6H2,(H2,13,14). The molecule has 3 heteroatoms. The van der Waals surface area contributed by atoms with Gasteiger partial charge in [0.2, 0.25) is 5.91 Å². The van der Waals surface area contributed by atoms with Gasteiger partial charge in [0.25, 0.3) is 0 Å². The van der Waals surface area contributed by atoms with E-state index in [9.17, 15) is 9.18 Å². The number of benzene rings is 1. The molecule has 72 valence electrons. The van der Waals surface area contributed by atoms with E-state index in [2.05, 4.69) is 0 Å². The smallest absolute Gasteiger partial charge is 0.221 e. The van der Waals surface area contributed by atoms with Gasteiger partial charge >= 0.3 is 0 Å². The van der Waals surface area contributed by atoms with Crippen molar-refractivity contribution in [1.29, 1.82) is 0 Å². The Kier molecular flexibility index (Phi) is 2.08. The third-order valence-electron chi connectivity index (χ3n) is 2.35. The second-order valence-corrected chi connectivity index (χ2v) is 3.38. The maximum Gasteiger partial charge on any atom is 0.221 e. The van der Waals surface area contributed by atoms with Gasteiger partial charge in [0.05, 0.1) is 6.42 Å². The van der Waals surface area contributed by atoms with E-state index in [-0.39, 0.29) is 18.1 Å². The zero-order valence-electron chi connectivity index (χ0n) is 7.59. The molecule has 0 heterocycles. The van der Waals surface area contributed by atoms with Crippen LogP contribution in [0, 0.1) is 5.82 Å². The van der Waals surface area contributed by atoms with Crippen molar-refractivity contribution in [1.82, 2.24) is 0 Å². The number of hydrogen-bond donors (Lipinski definition) is 1. The highest BCUT2D eigenvalue weighted by Gasteiger charge is 2.15. The molecule has 1 aromatic carbocycles. The second kappa shape index (κ2) is 3.25. The second-order valence-electron chi connectivity index (χ2n) is 3.38. The van der Waals surface area contributed by atoms with E-state index in [0.29, 0.717) is 6.42 Å². The van der Waals surface area contributed by atoms with Gasteiger partial charge in [-0.2, -0.15) is 0 Å². The Morgan fingerprint density at radius 3 is 3.00 bits per heavy atom. The molecule has 1 aliphatic rings. The Morgan fingerprint density at radius 2 is 2.29 bits per heavy atom. The number of fused-ring (bicyclic) bond motifs is 1. The summed E-state index contributed by atoms with van der Waals surface area (Å²) in [5.41, 5.74) is 7.90. The zero-order chi connectivity index (χ0) is 10.1. The van der Waals surface area contributed by atoms with Gasteiger partial charge in [-0.1, -0.05) is 12.1 Å². The Balaban J connectivity index is 2.32. The number of hydrogen-bond acceptors (Lipinski definition) is 1. The van der Waals surface area contributed by atoms with Crippen molar-refractivity contribution in [3.8, 4) is 0 Å². The quantitative estimate of drug-likeness (QED) is 0.758. The maximum absolute atomic E-state index is 12.8. The summed E-state index contributed by atoms with van der Waals surface area (Å²) in [4.78, 5) is 10.7. The van der Waals surface area contributed by atoms with Gasteiger partial charge in [0.15, 0.2) is 0 Å². The lowest BCUT2D eigenvalue weighted by Crippen LogP contribution is -2.10. The fourth-order valence-electron chi connectivity index (χ4n) is 1.74. The van der Waals surface area contributed by atoms with Crippen LogP contribution in [0.1, 0.15) is 17.5 Å². The first-order valence-electron chi connectivity index (χ1n) is 4.43. The van der Waals surface area contributed by atoms with Crippen LogP contribution in [0.2, 0.25) is 0 Å². The van der Waals surface area contributed by atoms with E-state index >= 15 is 0 Å². The molecule has 0 atom stereocenters. The molecule has 0 saturated heterocycles. The highest BCUT2D eigenvalue weighted by molar-refractivity contribution is 5.89. The number of carbonyl (C=O) groups excluding carboxylic acids is 1. The van der Waals surface area contributed by atoms with Crippen LogP contribution in [0.4, 0.5) is 4.39 Å². The molecule has 0 unspecified atom stereocenters. The van der Waals surface area contributed by atoms with Crippen LogP contribution in [0.25, 0.3) is 5.57 Å². The number of halogens is 1. The molecular formula is C11H10FNO. The molecule has 0 fully saturated rings. The van der Waals surface area contributed by atoms with Crippen LogP contribution in [0.5, 0.6) is 0 Å². The molecular weight excluding hydrogens is 181 g/mol. The minimum Gasteiger partial charge on any atom is -0.369 e. The molecule has 1 amide bonds. The van der Waals surface area contributed by atoms with Crippen LogP contribution in [0.3, 0.4) is 0 Å². The molecule has 0 radical (unpaired) electrons. The SMILES string of the molecule is NC(=O)CC1=CCc2cc(F)ccc21. The molecule has 2 N–H and O–H groups in total. The molecule has 2 rings (SSSR count). The summed E-state index contributed by atoms with van der Waals surface area (Å²) >= 11 is 0. The van der Waals surface area contributed by atoms with Crippen LogP contribution in [-0.2, 0) is 11.2 Å². The van der Waals surface area contributed by atoms with Gasteiger partial charge in [-0.3, -0.25) is 4.79 Å². The van der Waals surface area contributed by atoms with E-state index in [4.69, 9.17) is 5.73 Å². The fourth-order valence-corrected chi connectivity index (χ4v) is 1.74. The maximum atomic E-state index is 12.8. The Morgan fingerprint density at radius 1 is 1.50 bits per heavy atom. The van der Waals surface area contributed by atoms with Crippen molar-refractivity contribution in [2.75, 3.05) is 0 Å². The molecule has 0 bridgehead atoms. The first kappa shape index (κ1) is 8.94. The van der Waals surface area contributed by atoms with Gasteiger partial charge in [0, 0.05) is 0 Å². The third kappa shape index (κ3) is 1.53. The van der Waals surface area contributed by atoms with Crippen LogP contribution >= 0.6 is 0 Å². The lowest BCUT2D eigenvalue weighted by molar-refractivity contribution is -0.117. The van der Waals surface area contributed by atoms with Gasteiger partial charge in [0.1, 0.15) is 5.82 Å². The van der Waals surface area contributed by atoms with Crippen molar-refractivity contribution < 1.29 is 9.18 Å². The average molecular weight is 191 g/mol.